The number of nitrogens with zero attached hydrogens (tertiary/aromatic N) is 3. The van der Waals surface area contributed by atoms with Crippen molar-refractivity contribution in [3.63, 3.8) is 0 Å². The van der Waals surface area contributed by atoms with Crippen LogP contribution in [-0.2, 0) is 13.1 Å². The second kappa shape index (κ2) is 8.98. The van der Waals surface area contributed by atoms with E-state index in [0.717, 1.165) is 46.9 Å². The van der Waals surface area contributed by atoms with Gasteiger partial charge in [-0.15, -0.1) is 0 Å². The minimum Gasteiger partial charge on any atom is -0.478 e. The number of unbranched alkanes of at least 4 members (excludes halogenated alkanes) is 1. The summed E-state index contributed by atoms with van der Waals surface area (Å²) in [5, 5.41) is 11.1. The van der Waals surface area contributed by atoms with Gasteiger partial charge in [-0.05, 0) is 49.6 Å². The molecular formula is C28H25N3O3. The quantitative estimate of drug-likeness (QED) is 0.331. The molecule has 0 spiro atoms. The van der Waals surface area contributed by atoms with E-state index in [1.54, 1.807) is 16.7 Å². The highest BCUT2D eigenvalue weighted by Crippen LogP contribution is 2.31. The van der Waals surface area contributed by atoms with Crippen LogP contribution in [-0.4, -0.2) is 25.2 Å². The largest absolute Gasteiger partial charge is 0.478 e. The molecule has 5 rings (SSSR count). The summed E-state index contributed by atoms with van der Waals surface area (Å²) in [7, 11) is 0. The average molecular weight is 452 g/mol. The first kappa shape index (κ1) is 21.6. The Morgan fingerprint density at radius 1 is 0.912 bits per heavy atom. The minimum absolute atomic E-state index is 0.00743. The molecule has 3 aromatic carbocycles. The SMILES string of the molecule is Cc1nc2ccccc2c(=O)n1CCCCn1cc(-c2ccccc2)c2ccc(C(=O)O)cc21. The van der Waals surface area contributed by atoms with Gasteiger partial charge in [0.15, 0.2) is 0 Å². The molecule has 0 bridgehead atoms. The molecule has 2 aromatic heterocycles. The van der Waals surface area contributed by atoms with Gasteiger partial charge in [-0.25, -0.2) is 9.78 Å². The van der Waals surface area contributed by atoms with E-state index in [1.807, 2.05) is 55.5 Å². The van der Waals surface area contributed by atoms with Crippen molar-refractivity contribution >= 4 is 27.8 Å². The van der Waals surface area contributed by atoms with Gasteiger partial charge in [-0.2, -0.15) is 0 Å². The van der Waals surface area contributed by atoms with Crippen LogP contribution < -0.4 is 5.56 Å². The number of aromatic nitrogens is 3. The zero-order valence-corrected chi connectivity index (χ0v) is 18.9. The van der Waals surface area contributed by atoms with Gasteiger partial charge >= 0.3 is 5.97 Å². The third-order valence-electron chi connectivity index (χ3n) is 6.30. The van der Waals surface area contributed by atoms with E-state index in [0.29, 0.717) is 17.8 Å². The van der Waals surface area contributed by atoms with Crippen LogP contribution in [0.2, 0.25) is 0 Å². The smallest absolute Gasteiger partial charge is 0.335 e. The second-order valence-electron chi connectivity index (χ2n) is 8.48. The molecule has 0 saturated carbocycles. The van der Waals surface area contributed by atoms with Crippen LogP contribution >= 0.6 is 0 Å². The van der Waals surface area contributed by atoms with Crippen molar-refractivity contribution in [2.45, 2.75) is 32.9 Å². The average Bonchev–Trinajstić information content (AvgIpc) is 3.22. The van der Waals surface area contributed by atoms with Gasteiger partial charge in [0, 0.05) is 35.8 Å². The molecule has 34 heavy (non-hydrogen) atoms. The number of carboxylic acids is 1. The molecule has 0 atom stereocenters. The molecule has 0 radical (unpaired) electrons. The molecule has 0 amide bonds. The topological polar surface area (TPSA) is 77.1 Å². The van der Waals surface area contributed by atoms with Gasteiger partial charge in [-0.1, -0.05) is 48.5 Å². The number of hydrogen-bond donors (Lipinski definition) is 1. The van der Waals surface area contributed by atoms with Crippen LogP contribution in [0, 0.1) is 6.92 Å². The lowest BCUT2D eigenvalue weighted by atomic mass is 10.0. The fourth-order valence-corrected chi connectivity index (χ4v) is 4.55. The van der Waals surface area contributed by atoms with Gasteiger partial charge in [0.25, 0.3) is 5.56 Å². The summed E-state index contributed by atoms with van der Waals surface area (Å²) in [6.07, 6.45) is 3.74. The lowest BCUT2D eigenvalue weighted by Gasteiger charge is -2.11. The number of carboxylic acid groups (broad SMARTS) is 1. The molecule has 0 fully saturated rings. The van der Waals surface area contributed by atoms with Crippen LogP contribution in [0.4, 0.5) is 0 Å². The van der Waals surface area contributed by atoms with Gasteiger partial charge in [0.1, 0.15) is 5.82 Å². The predicted octanol–water partition coefficient (Wildman–Crippen LogP) is 5.51. The molecule has 0 saturated heterocycles. The van der Waals surface area contributed by atoms with Crippen molar-refractivity contribution < 1.29 is 9.90 Å². The number of aromatic carboxylic acids is 1. The highest BCUT2D eigenvalue weighted by Gasteiger charge is 2.13. The Bertz CT molecular complexity index is 1570. The van der Waals surface area contributed by atoms with Crippen LogP contribution in [0.1, 0.15) is 29.0 Å². The molecule has 170 valence electrons. The van der Waals surface area contributed by atoms with Crippen LogP contribution in [0.25, 0.3) is 32.9 Å². The standard InChI is InChI=1S/C28H25N3O3/c1-19-29-25-12-6-5-11-23(25)27(32)31(19)16-8-7-15-30-18-24(20-9-3-2-4-10-20)22-14-13-21(28(33)34)17-26(22)30/h2-6,9-14,17-18H,7-8,15-16H2,1H3,(H,33,34). The fraction of sp³-hybridized carbons (Fsp3) is 0.179. The van der Waals surface area contributed by atoms with Crippen molar-refractivity contribution in [3.05, 3.63) is 101 Å². The molecule has 6 heteroatoms. The number of rotatable bonds is 7. The Hall–Kier alpha value is -4.19. The van der Waals surface area contributed by atoms with Gasteiger partial charge in [0.05, 0.1) is 16.5 Å². The van der Waals surface area contributed by atoms with Crippen molar-refractivity contribution in [3.8, 4) is 11.1 Å². The third-order valence-corrected chi connectivity index (χ3v) is 6.30. The zero-order chi connectivity index (χ0) is 23.7. The summed E-state index contributed by atoms with van der Waals surface area (Å²) in [4.78, 5) is 29.1. The number of hydrogen-bond acceptors (Lipinski definition) is 3. The first-order chi connectivity index (χ1) is 16.5. The van der Waals surface area contributed by atoms with Crippen molar-refractivity contribution in [1.82, 2.24) is 14.1 Å². The van der Waals surface area contributed by atoms with E-state index in [1.165, 1.54) is 0 Å². The monoisotopic (exact) mass is 451 g/mol. The maximum Gasteiger partial charge on any atom is 0.335 e. The summed E-state index contributed by atoms with van der Waals surface area (Å²) < 4.78 is 3.87. The Labute approximate surface area is 196 Å². The predicted molar refractivity (Wildman–Crippen MR) is 134 cm³/mol. The Kier molecular flexibility index (Phi) is 5.72. The molecular weight excluding hydrogens is 426 g/mol. The van der Waals surface area contributed by atoms with E-state index >= 15 is 0 Å². The van der Waals surface area contributed by atoms with Crippen molar-refractivity contribution in [2.24, 2.45) is 0 Å². The molecule has 0 aliphatic heterocycles. The van der Waals surface area contributed by atoms with Gasteiger partial charge in [-0.3, -0.25) is 9.36 Å². The minimum atomic E-state index is -0.936. The van der Waals surface area contributed by atoms with Crippen molar-refractivity contribution in [2.75, 3.05) is 0 Å². The Morgan fingerprint density at radius 2 is 1.65 bits per heavy atom. The van der Waals surface area contributed by atoms with Gasteiger partial charge in [0.2, 0.25) is 0 Å². The van der Waals surface area contributed by atoms with E-state index < -0.39 is 5.97 Å². The summed E-state index contributed by atoms with van der Waals surface area (Å²) >= 11 is 0. The first-order valence-electron chi connectivity index (χ1n) is 11.4. The lowest BCUT2D eigenvalue weighted by Crippen LogP contribution is -2.24. The van der Waals surface area contributed by atoms with E-state index in [2.05, 4.69) is 27.9 Å². The molecule has 2 heterocycles. The van der Waals surface area contributed by atoms with E-state index in [9.17, 15) is 14.7 Å². The molecule has 0 unspecified atom stereocenters. The first-order valence-corrected chi connectivity index (χ1v) is 11.4. The molecule has 6 nitrogen and oxygen atoms in total. The normalized spacial score (nSPS) is 11.3. The summed E-state index contributed by atoms with van der Waals surface area (Å²) in [6.45, 7) is 3.18. The zero-order valence-electron chi connectivity index (χ0n) is 18.9. The molecule has 1 N–H and O–H groups in total. The number of para-hydroxylation sites is 1. The third kappa shape index (κ3) is 3.99. The Balaban J connectivity index is 1.40. The second-order valence-corrected chi connectivity index (χ2v) is 8.48. The van der Waals surface area contributed by atoms with Crippen LogP contribution in [0.3, 0.4) is 0 Å². The van der Waals surface area contributed by atoms with Crippen LogP contribution in [0.15, 0.2) is 83.8 Å². The highest BCUT2D eigenvalue weighted by molar-refractivity contribution is 6.00. The number of carbonyl (C=O) groups is 1. The molecule has 0 aliphatic carbocycles. The maximum atomic E-state index is 12.9. The Morgan fingerprint density at radius 3 is 2.44 bits per heavy atom. The lowest BCUT2D eigenvalue weighted by molar-refractivity contribution is 0.0697. The summed E-state index contributed by atoms with van der Waals surface area (Å²) in [5.41, 5.74) is 4.07. The maximum absolute atomic E-state index is 12.9. The highest BCUT2D eigenvalue weighted by atomic mass is 16.4. The number of aryl methyl sites for hydroxylation is 2. The van der Waals surface area contributed by atoms with Crippen molar-refractivity contribution in [1.29, 1.82) is 0 Å². The molecule has 0 aliphatic rings. The van der Waals surface area contributed by atoms with E-state index in [-0.39, 0.29) is 11.1 Å². The van der Waals surface area contributed by atoms with E-state index in [4.69, 9.17) is 0 Å². The van der Waals surface area contributed by atoms with Gasteiger partial charge < -0.3 is 9.67 Å². The summed E-state index contributed by atoms with van der Waals surface area (Å²) in [5.74, 6) is -0.220. The number of fused-ring (bicyclic) bond motifs is 2. The molecule has 5 aromatic rings. The fourth-order valence-electron chi connectivity index (χ4n) is 4.55. The summed E-state index contributed by atoms with van der Waals surface area (Å²) in [6, 6.07) is 22.8. The van der Waals surface area contributed by atoms with Crippen LogP contribution in [0.5, 0.6) is 0 Å². The number of benzene rings is 3.